The molecule has 1 aromatic heterocycles. The van der Waals surface area contributed by atoms with Crippen LogP contribution in [0, 0.1) is 0 Å². The van der Waals surface area contributed by atoms with E-state index >= 15 is 0 Å². The number of anilines is 2. The van der Waals surface area contributed by atoms with Gasteiger partial charge in [0.2, 0.25) is 0 Å². The van der Waals surface area contributed by atoms with E-state index in [4.69, 9.17) is 16.4 Å². The predicted octanol–water partition coefficient (Wildman–Crippen LogP) is 4.18. The first-order chi connectivity index (χ1) is 16.3. The van der Waals surface area contributed by atoms with Crippen molar-refractivity contribution in [3.8, 4) is 0 Å². The third-order valence-electron chi connectivity index (χ3n) is 4.40. The second kappa shape index (κ2) is 10.2. The van der Waals surface area contributed by atoms with Crippen LogP contribution < -0.4 is 21.5 Å². The lowest BCUT2D eigenvalue weighted by Gasteiger charge is -2.13. The number of carbonyl (C=O) groups is 2. The third-order valence-corrected chi connectivity index (χ3v) is 4.69. The number of pyridine rings is 1. The van der Waals surface area contributed by atoms with Crippen molar-refractivity contribution >= 4 is 40.8 Å². The number of carbonyl (C=O) groups excluding carboxylic acids is 2. The summed E-state index contributed by atoms with van der Waals surface area (Å²) in [5, 5.41) is 8.11. The first-order valence-corrected chi connectivity index (χ1v) is 9.94. The Hall–Kier alpha value is -3.75. The zero-order chi connectivity index (χ0) is 25.8. The molecule has 1 aliphatic heterocycles. The molecule has 188 valence electrons. The van der Waals surface area contributed by atoms with Crippen molar-refractivity contribution in [3.05, 3.63) is 52.7 Å². The number of aromatic nitrogens is 1. The number of nitrogens with zero attached hydrogens (tertiary/aromatic N) is 2. The lowest BCUT2D eigenvalue weighted by Crippen LogP contribution is -2.46. The van der Waals surface area contributed by atoms with E-state index in [1.54, 1.807) is 0 Å². The van der Waals surface area contributed by atoms with Gasteiger partial charge in [-0.15, -0.1) is 0 Å². The predicted molar refractivity (Wildman–Crippen MR) is 111 cm³/mol. The molecule has 3 rings (SSSR count). The molecular weight excluding hydrogens is 510 g/mol. The maximum atomic E-state index is 12.7. The maximum Gasteiger partial charge on any atom is 0.417 e. The molecule has 1 atom stereocenters. The summed E-state index contributed by atoms with van der Waals surface area (Å²) in [5.74, 6) is -0.883. The van der Waals surface area contributed by atoms with Gasteiger partial charge in [-0.25, -0.2) is 15.2 Å². The van der Waals surface area contributed by atoms with Crippen LogP contribution in [0.2, 0.25) is 5.02 Å². The fraction of sp³-hybridized carbons (Fsp3) is 0.263. The van der Waals surface area contributed by atoms with E-state index in [1.165, 1.54) is 6.07 Å². The van der Waals surface area contributed by atoms with E-state index in [-0.39, 0.29) is 35.2 Å². The molecule has 0 saturated carbocycles. The van der Waals surface area contributed by atoms with Gasteiger partial charge in [-0.3, -0.25) is 10.2 Å². The molecule has 0 fully saturated rings. The Morgan fingerprint density at radius 3 is 2.43 bits per heavy atom. The molecule has 4 N–H and O–H groups in total. The largest absolute Gasteiger partial charge is 0.417 e. The van der Waals surface area contributed by atoms with E-state index in [0.29, 0.717) is 18.3 Å². The topological polar surface area (TPSA) is 117 Å². The molecule has 2 aromatic rings. The van der Waals surface area contributed by atoms with Crippen LogP contribution in [0.4, 0.5) is 42.6 Å². The highest BCUT2D eigenvalue weighted by Crippen LogP contribution is 2.32. The van der Waals surface area contributed by atoms with Crippen molar-refractivity contribution in [2.75, 3.05) is 17.2 Å². The number of hydrogen-bond acceptors (Lipinski definition) is 6. The number of amides is 3. The quantitative estimate of drug-likeness (QED) is 0.346. The van der Waals surface area contributed by atoms with E-state index in [2.05, 4.69) is 20.8 Å². The molecule has 16 heteroatoms. The summed E-state index contributed by atoms with van der Waals surface area (Å²) in [6.45, 7) is -0.0121. The van der Waals surface area contributed by atoms with Crippen LogP contribution >= 0.6 is 11.6 Å². The average molecular weight is 525 g/mol. The normalized spacial score (nSPS) is 15.6. The number of alkyl halides is 6. The first kappa shape index (κ1) is 25.9. The molecule has 1 unspecified atom stereocenters. The van der Waals surface area contributed by atoms with Crippen LogP contribution in [0.25, 0.3) is 0 Å². The highest BCUT2D eigenvalue weighted by atomic mass is 35.5. The number of hydrogen-bond donors (Lipinski definition) is 4. The number of urea groups is 1. The van der Waals surface area contributed by atoms with Crippen molar-refractivity contribution in [3.63, 3.8) is 0 Å². The van der Waals surface area contributed by atoms with E-state index in [1.807, 2.05) is 10.9 Å². The van der Waals surface area contributed by atoms with Crippen LogP contribution in [-0.4, -0.2) is 35.3 Å². The lowest BCUT2D eigenvalue weighted by molar-refractivity contribution is -0.138. The fourth-order valence-corrected chi connectivity index (χ4v) is 2.96. The molecule has 0 saturated heterocycles. The SMILES string of the molecule is O=C(NNC(=O)C1=NOC(CNc2ncc(C(F)(F)F)cc2Cl)C1)Nc1cccc(C(F)(F)F)c1. The number of rotatable bonds is 5. The van der Waals surface area contributed by atoms with Crippen LogP contribution in [0.3, 0.4) is 0 Å². The molecule has 2 heterocycles. The summed E-state index contributed by atoms with van der Waals surface area (Å²) in [5.41, 5.74) is 1.72. The number of halogens is 7. The van der Waals surface area contributed by atoms with Gasteiger partial charge in [0.25, 0.3) is 5.91 Å². The molecule has 1 aromatic carbocycles. The zero-order valence-corrected chi connectivity index (χ0v) is 18.0. The van der Waals surface area contributed by atoms with Crippen LogP contribution in [0.5, 0.6) is 0 Å². The number of hydrazine groups is 1. The van der Waals surface area contributed by atoms with Gasteiger partial charge in [-0.05, 0) is 24.3 Å². The molecular formula is C19H15ClF6N6O3. The van der Waals surface area contributed by atoms with Crippen molar-refractivity contribution in [2.24, 2.45) is 5.16 Å². The minimum atomic E-state index is -4.60. The monoisotopic (exact) mass is 524 g/mol. The zero-order valence-electron chi connectivity index (χ0n) is 17.2. The molecule has 0 radical (unpaired) electrons. The first-order valence-electron chi connectivity index (χ1n) is 9.57. The summed E-state index contributed by atoms with van der Waals surface area (Å²) < 4.78 is 76.2. The van der Waals surface area contributed by atoms with Crippen molar-refractivity contribution < 1.29 is 40.8 Å². The van der Waals surface area contributed by atoms with Gasteiger partial charge in [0, 0.05) is 18.3 Å². The van der Waals surface area contributed by atoms with E-state index in [9.17, 15) is 35.9 Å². The Morgan fingerprint density at radius 1 is 1.06 bits per heavy atom. The highest BCUT2D eigenvalue weighted by Gasteiger charge is 2.32. The second-order valence-electron chi connectivity index (χ2n) is 7.01. The van der Waals surface area contributed by atoms with Crippen molar-refractivity contribution in [1.29, 1.82) is 0 Å². The summed E-state index contributed by atoms with van der Waals surface area (Å²) >= 11 is 5.80. The molecule has 3 amide bonds. The van der Waals surface area contributed by atoms with Gasteiger partial charge >= 0.3 is 18.4 Å². The average Bonchev–Trinajstić information content (AvgIpc) is 3.25. The maximum absolute atomic E-state index is 12.7. The van der Waals surface area contributed by atoms with Gasteiger partial charge in [-0.2, -0.15) is 26.3 Å². The van der Waals surface area contributed by atoms with Crippen LogP contribution in [-0.2, 0) is 22.0 Å². The van der Waals surface area contributed by atoms with Gasteiger partial charge in [-0.1, -0.05) is 22.8 Å². The molecule has 0 aliphatic carbocycles. The standard InChI is InChI=1S/C19H15ClF6N6O3/c20-13-5-10(19(24,25)26)7-27-15(13)28-8-12-6-14(32-35-12)16(33)30-31-17(34)29-11-3-1-2-9(4-11)18(21,22)23/h1-5,7,12H,6,8H2,(H,27,28)(H,30,33)(H2,29,31,34). The minimum Gasteiger partial charge on any atom is -0.390 e. The molecule has 9 nitrogen and oxygen atoms in total. The molecule has 35 heavy (non-hydrogen) atoms. The lowest BCUT2D eigenvalue weighted by atomic mass is 10.1. The Kier molecular flexibility index (Phi) is 7.57. The summed E-state index contributed by atoms with van der Waals surface area (Å²) in [4.78, 5) is 32.6. The third kappa shape index (κ3) is 7.11. The minimum absolute atomic E-state index is 0.0121. The smallest absolute Gasteiger partial charge is 0.390 e. The summed E-state index contributed by atoms with van der Waals surface area (Å²) in [6, 6.07) is 3.56. The Balaban J connectivity index is 1.44. The fourth-order valence-electron chi connectivity index (χ4n) is 2.73. The molecule has 1 aliphatic rings. The number of oxime groups is 1. The Labute approximate surface area is 197 Å². The van der Waals surface area contributed by atoms with Crippen molar-refractivity contribution in [1.82, 2.24) is 15.8 Å². The Bertz CT molecular complexity index is 1140. The highest BCUT2D eigenvalue weighted by molar-refractivity contribution is 6.39. The van der Waals surface area contributed by atoms with Gasteiger partial charge in [0.1, 0.15) is 11.5 Å². The van der Waals surface area contributed by atoms with Gasteiger partial charge in [0.15, 0.2) is 6.10 Å². The summed E-state index contributed by atoms with van der Waals surface area (Å²) in [7, 11) is 0. The number of benzene rings is 1. The molecule has 0 spiro atoms. The number of nitrogens with one attached hydrogen (secondary N) is 4. The Morgan fingerprint density at radius 2 is 1.77 bits per heavy atom. The van der Waals surface area contributed by atoms with Crippen LogP contribution in [0.15, 0.2) is 41.7 Å². The van der Waals surface area contributed by atoms with Crippen LogP contribution in [0.1, 0.15) is 17.5 Å². The van der Waals surface area contributed by atoms with E-state index in [0.717, 1.165) is 12.1 Å². The van der Waals surface area contributed by atoms with Gasteiger partial charge < -0.3 is 15.5 Å². The van der Waals surface area contributed by atoms with Crippen molar-refractivity contribution in [2.45, 2.75) is 24.9 Å². The molecule has 0 bridgehead atoms. The van der Waals surface area contributed by atoms with E-state index < -0.39 is 41.5 Å². The summed E-state index contributed by atoms with van der Waals surface area (Å²) in [6.07, 6.45) is -9.32. The second-order valence-corrected chi connectivity index (χ2v) is 7.42. The van der Waals surface area contributed by atoms with Gasteiger partial charge in [0.05, 0.1) is 22.7 Å².